The zero-order valence-corrected chi connectivity index (χ0v) is 6.42. The highest BCUT2D eigenvalue weighted by molar-refractivity contribution is 5.80. The van der Waals surface area contributed by atoms with Crippen LogP contribution in [-0.2, 0) is 9.53 Å². The van der Waals surface area contributed by atoms with E-state index < -0.39 is 11.6 Å². The van der Waals surface area contributed by atoms with Crippen LogP contribution in [0, 0.1) is 5.92 Å². The molecular weight excluding hydrogens is 132 g/mol. The Hall–Kier alpha value is -0.570. The Labute approximate surface area is 60.0 Å². The van der Waals surface area contributed by atoms with Gasteiger partial charge in [0.15, 0.2) is 5.60 Å². The van der Waals surface area contributed by atoms with Crippen LogP contribution in [0.25, 0.3) is 0 Å². The minimum absolute atomic E-state index is 0.0926. The molecule has 1 aliphatic rings. The molecule has 0 bridgehead atoms. The maximum Gasteiger partial charge on any atom is 0.338 e. The highest BCUT2D eigenvalue weighted by Gasteiger charge is 2.60. The predicted molar refractivity (Wildman–Crippen MR) is 35.8 cm³/mol. The van der Waals surface area contributed by atoms with Crippen LogP contribution in [0.3, 0.4) is 0 Å². The first kappa shape index (κ1) is 7.54. The maximum atomic E-state index is 10.5. The summed E-state index contributed by atoms with van der Waals surface area (Å²) in [5, 5.41) is 8.61. The molecule has 1 N–H and O–H groups in total. The molecule has 1 rings (SSSR count). The van der Waals surface area contributed by atoms with Crippen molar-refractivity contribution in [3.63, 3.8) is 0 Å². The van der Waals surface area contributed by atoms with E-state index in [4.69, 9.17) is 9.84 Å². The van der Waals surface area contributed by atoms with Gasteiger partial charge >= 0.3 is 5.97 Å². The summed E-state index contributed by atoms with van der Waals surface area (Å²) in [5.41, 5.74) is -0.895. The molecule has 0 aromatic heterocycles. The first-order chi connectivity index (χ1) is 4.48. The Bertz CT molecular complexity index is 164. The van der Waals surface area contributed by atoms with Gasteiger partial charge in [-0.2, -0.15) is 0 Å². The van der Waals surface area contributed by atoms with Crippen LogP contribution in [0.15, 0.2) is 0 Å². The lowest BCUT2D eigenvalue weighted by Gasteiger charge is -2.00. The van der Waals surface area contributed by atoms with Gasteiger partial charge in [0, 0.05) is 0 Å². The summed E-state index contributed by atoms with van der Waals surface area (Å²) in [5.74, 6) is -0.563. The summed E-state index contributed by atoms with van der Waals surface area (Å²) in [7, 11) is 0. The molecule has 0 spiro atoms. The van der Waals surface area contributed by atoms with E-state index in [1.165, 1.54) is 0 Å². The van der Waals surface area contributed by atoms with E-state index in [1.54, 1.807) is 6.92 Å². The lowest BCUT2D eigenvalue weighted by Crippen LogP contribution is -2.24. The van der Waals surface area contributed by atoms with Crippen LogP contribution in [0.5, 0.6) is 0 Å². The van der Waals surface area contributed by atoms with Crippen molar-refractivity contribution in [3.05, 3.63) is 0 Å². The fourth-order valence-corrected chi connectivity index (χ4v) is 1.17. The number of carboxylic acid groups (broad SMARTS) is 1. The van der Waals surface area contributed by atoms with Crippen LogP contribution >= 0.6 is 0 Å². The Morgan fingerprint density at radius 1 is 1.70 bits per heavy atom. The van der Waals surface area contributed by atoms with E-state index >= 15 is 0 Å². The van der Waals surface area contributed by atoms with Gasteiger partial charge in [0.05, 0.1) is 0 Å². The molecule has 0 radical (unpaired) electrons. The fraction of sp³-hybridized carbons (Fsp3) is 0.857. The summed E-state index contributed by atoms with van der Waals surface area (Å²) in [6.45, 7) is 5.53. The molecule has 0 aromatic rings. The van der Waals surface area contributed by atoms with Gasteiger partial charge in [-0.05, 0) is 12.8 Å². The minimum Gasteiger partial charge on any atom is -0.479 e. The van der Waals surface area contributed by atoms with Crippen molar-refractivity contribution in [2.75, 3.05) is 0 Å². The van der Waals surface area contributed by atoms with Crippen LogP contribution in [0.2, 0.25) is 0 Å². The zero-order chi connectivity index (χ0) is 7.94. The largest absolute Gasteiger partial charge is 0.479 e. The van der Waals surface area contributed by atoms with Crippen molar-refractivity contribution in [2.45, 2.75) is 32.5 Å². The molecule has 1 heterocycles. The van der Waals surface area contributed by atoms with Gasteiger partial charge in [0.1, 0.15) is 6.10 Å². The molecule has 3 nitrogen and oxygen atoms in total. The van der Waals surface area contributed by atoms with E-state index in [0.717, 1.165) is 0 Å². The quantitative estimate of drug-likeness (QED) is 0.585. The van der Waals surface area contributed by atoms with Crippen molar-refractivity contribution in [3.8, 4) is 0 Å². The number of rotatable bonds is 2. The number of hydrogen-bond donors (Lipinski definition) is 1. The number of hydrogen-bond acceptors (Lipinski definition) is 2. The smallest absolute Gasteiger partial charge is 0.338 e. The summed E-state index contributed by atoms with van der Waals surface area (Å²) in [6, 6.07) is 0. The van der Waals surface area contributed by atoms with Gasteiger partial charge in [0.2, 0.25) is 0 Å². The summed E-state index contributed by atoms with van der Waals surface area (Å²) in [4.78, 5) is 10.5. The number of ether oxygens (including phenoxy) is 1. The van der Waals surface area contributed by atoms with Crippen LogP contribution in [-0.4, -0.2) is 22.8 Å². The third-order valence-electron chi connectivity index (χ3n) is 1.89. The molecular formula is C7H12O3. The first-order valence-electron chi connectivity index (χ1n) is 3.39. The Kier molecular flexibility index (Phi) is 1.47. The Balaban J connectivity index is 2.56. The van der Waals surface area contributed by atoms with Gasteiger partial charge < -0.3 is 9.84 Å². The normalized spacial score (nSPS) is 38.2. The van der Waals surface area contributed by atoms with E-state index in [1.807, 2.05) is 13.8 Å². The highest BCUT2D eigenvalue weighted by atomic mass is 16.6. The lowest BCUT2D eigenvalue weighted by atomic mass is 9.99. The molecule has 0 aromatic carbocycles. The highest BCUT2D eigenvalue weighted by Crippen LogP contribution is 2.40. The maximum absolute atomic E-state index is 10.5. The first-order valence-corrected chi connectivity index (χ1v) is 3.39. The predicted octanol–water partition coefficient (Wildman–Crippen LogP) is 0.885. The second kappa shape index (κ2) is 1.95. The molecule has 1 aliphatic heterocycles. The van der Waals surface area contributed by atoms with Gasteiger partial charge in [0.25, 0.3) is 0 Å². The number of epoxide rings is 1. The van der Waals surface area contributed by atoms with Crippen molar-refractivity contribution in [1.82, 2.24) is 0 Å². The zero-order valence-electron chi connectivity index (χ0n) is 6.42. The van der Waals surface area contributed by atoms with Crippen molar-refractivity contribution < 1.29 is 14.6 Å². The molecule has 0 amide bonds. The van der Waals surface area contributed by atoms with Gasteiger partial charge in [-0.25, -0.2) is 4.79 Å². The minimum atomic E-state index is -0.895. The number of carboxylic acids is 1. The Morgan fingerprint density at radius 3 is 2.30 bits per heavy atom. The fourth-order valence-electron chi connectivity index (χ4n) is 1.17. The van der Waals surface area contributed by atoms with Crippen LogP contribution in [0.1, 0.15) is 20.8 Å². The monoisotopic (exact) mass is 144 g/mol. The molecule has 0 saturated carbocycles. The number of carbonyl (C=O) groups is 1. The second-order valence-electron chi connectivity index (χ2n) is 3.19. The molecule has 1 saturated heterocycles. The summed E-state index contributed by atoms with van der Waals surface area (Å²) < 4.78 is 5.03. The van der Waals surface area contributed by atoms with E-state index in [0.29, 0.717) is 5.92 Å². The number of aliphatic carboxylic acids is 1. The summed E-state index contributed by atoms with van der Waals surface area (Å²) in [6.07, 6.45) is -0.0926. The van der Waals surface area contributed by atoms with Crippen molar-refractivity contribution in [2.24, 2.45) is 5.92 Å². The van der Waals surface area contributed by atoms with Gasteiger partial charge in [-0.1, -0.05) is 13.8 Å². The molecule has 58 valence electrons. The molecule has 2 unspecified atom stereocenters. The van der Waals surface area contributed by atoms with Crippen LogP contribution < -0.4 is 0 Å². The average Bonchev–Trinajstić information content (AvgIpc) is 2.43. The molecule has 2 atom stereocenters. The standard InChI is InChI=1S/C7H12O3/c1-4(2)5-7(3,10-5)6(8)9/h4-5H,1-3H3,(H,8,9). The van der Waals surface area contributed by atoms with E-state index in [9.17, 15) is 4.79 Å². The molecule has 1 fully saturated rings. The molecule has 0 aliphatic carbocycles. The summed E-state index contributed by atoms with van der Waals surface area (Å²) >= 11 is 0. The Morgan fingerprint density at radius 2 is 2.20 bits per heavy atom. The topological polar surface area (TPSA) is 49.8 Å². The van der Waals surface area contributed by atoms with Crippen molar-refractivity contribution in [1.29, 1.82) is 0 Å². The third kappa shape index (κ3) is 0.904. The van der Waals surface area contributed by atoms with Gasteiger partial charge in [-0.3, -0.25) is 0 Å². The van der Waals surface area contributed by atoms with Crippen molar-refractivity contribution >= 4 is 5.97 Å². The third-order valence-corrected chi connectivity index (χ3v) is 1.89. The van der Waals surface area contributed by atoms with Crippen LogP contribution in [0.4, 0.5) is 0 Å². The van der Waals surface area contributed by atoms with E-state index in [2.05, 4.69) is 0 Å². The second-order valence-corrected chi connectivity index (χ2v) is 3.19. The average molecular weight is 144 g/mol. The van der Waals surface area contributed by atoms with Gasteiger partial charge in [-0.15, -0.1) is 0 Å². The van der Waals surface area contributed by atoms with E-state index in [-0.39, 0.29) is 6.10 Å². The molecule has 3 heteroatoms. The SMILES string of the molecule is CC(C)C1OC1(C)C(=O)O. The lowest BCUT2D eigenvalue weighted by molar-refractivity contribution is -0.142. The molecule has 10 heavy (non-hydrogen) atoms.